The summed E-state index contributed by atoms with van der Waals surface area (Å²) in [5.41, 5.74) is 2.43. The van der Waals surface area contributed by atoms with Gasteiger partial charge in [0.05, 0.1) is 23.3 Å². The first-order valence-electron chi connectivity index (χ1n) is 14.4. The van der Waals surface area contributed by atoms with E-state index < -0.39 is 30.9 Å². The van der Waals surface area contributed by atoms with Gasteiger partial charge in [-0.1, -0.05) is 53.5 Å². The highest BCUT2D eigenvalue weighted by atomic mass is 35.5. The van der Waals surface area contributed by atoms with Gasteiger partial charge in [-0.15, -0.1) is 0 Å². The third kappa shape index (κ3) is 5.30. The molecule has 4 aromatic rings. The number of nitrogens with one attached hydrogen (secondary N) is 1. The van der Waals surface area contributed by atoms with Crippen LogP contribution < -0.4 is 10.8 Å². The number of halogens is 5. The van der Waals surface area contributed by atoms with Gasteiger partial charge < -0.3 is 24.2 Å². The minimum atomic E-state index is -4.78. The molecule has 0 spiro atoms. The lowest BCUT2D eigenvalue weighted by Gasteiger charge is -2.30. The number of pyridine rings is 1. The van der Waals surface area contributed by atoms with Crippen molar-refractivity contribution in [2.75, 3.05) is 6.54 Å². The van der Waals surface area contributed by atoms with E-state index in [0.717, 1.165) is 34.2 Å². The van der Waals surface area contributed by atoms with E-state index in [1.165, 1.54) is 12.1 Å². The topological polar surface area (TPSA) is 67.5 Å². The van der Waals surface area contributed by atoms with Gasteiger partial charge in [0, 0.05) is 39.6 Å². The Labute approximate surface area is 263 Å². The molecule has 12 heteroatoms. The summed E-state index contributed by atoms with van der Waals surface area (Å²) in [6.45, 7) is 6.92. The highest BCUT2D eigenvalue weighted by Crippen LogP contribution is 2.50. The van der Waals surface area contributed by atoms with Crippen molar-refractivity contribution in [3.63, 3.8) is 0 Å². The second-order valence-corrected chi connectivity index (χ2v) is 12.5. The number of aromatic nitrogens is 1. The van der Waals surface area contributed by atoms with Crippen molar-refractivity contribution in [3.05, 3.63) is 104 Å². The summed E-state index contributed by atoms with van der Waals surface area (Å²) >= 11 is 12.6. The molecule has 0 bridgehead atoms. The maximum Gasteiger partial charge on any atom is 0.492 e. The molecule has 0 saturated heterocycles. The van der Waals surface area contributed by atoms with Crippen LogP contribution in [0.15, 0.2) is 65.9 Å². The zero-order valence-corrected chi connectivity index (χ0v) is 25.9. The monoisotopic (exact) mass is 643 g/mol. The fourth-order valence-electron chi connectivity index (χ4n) is 6.18. The van der Waals surface area contributed by atoms with Gasteiger partial charge in [-0.05, 0) is 91.8 Å². The van der Waals surface area contributed by atoms with Gasteiger partial charge in [-0.3, -0.25) is 0 Å². The molecule has 2 N–H and O–H groups in total. The number of hydrogen-bond donors (Lipinski definition) is 2. The molecule has 2 aliphatic rings. The summed E-state index contributed by atoms with van der Waals surface area (Å²) in [7, 11) is -0.929. The van der Waals surface area contributed by atoms with Crippen molar-refractivity contribution in [1.82, 2.24) is 9.72 Å². The molecule has 44 heavy (non-hydrogen) atoms. The molecule has 0 aliphatic carbocycles. The van der Waals surface area contributed by atoms with Gasteiger partial charge in [0.2, 0.25) is 0 Å². The molecule has 0 fully saturated rings. The van der Waals surface area contributed by atoms with Gasteiger partial charge in [0.25, 0.3) is 5.60 Å². The number of fused-ring (bicyclic) bond motifs is 2. The van der Waals surface area contributed by atoms with E-state index in [2.05, 4.69) is 10.5 Å². The zero-order chi connectivity index (χ0) is 31.4. The van der Waals surface area contributed by atoms with E-state index in [1.807, 2.05) is 67.8 Å². The average Bonchev–Trinajstić information content (AvgIpc) is 3.68. The maximum atomic E-state index is 14.7. The van der Waals surface area contributed by atoms with Crippen molar-refractivity contribution >= 4 is 47.0 Å². The van der Waals surface area contributed by atoms with Gasteiger partial charge >= 0.3 is 13.3 Å². The molecular formula is C32H31BCl2F3N3O3. The summed E-state index contributed by atoms with van der Waals surface area (Å²) in [6.07, 6.45) is -2.20. The van der Waals surface area contributed by atoms with Gasteiger partial charge in [0.1, 0.15) is 0 Å². The average molecular weight is 644 g/mol. The van der Waals surface area contributed by atoms with E-state index in [0.29, 0.717) is 30.6 Å². The van der Waals surface area contributed by atoms with Gasteiger partial charge in [-0.25, -0.2) is 0 Å². The molecule has 230 valence electrons. The van der Waals surface area contributed by atoms with E-state index in [1.54, 1.807) is 6.07 Å². The quantitative estimate of drug-likeness (QED) is 0.166. The number of nitrogens with zero attached hydrogens (tertiary/aromatic N) is 2. The van der Waals surface area contributed by atoms with Crippen LogP contribution >= 0.6 is 23.2 Å². The van der Waals surface area contributed by atoms with Crippen molar-refractivity contribution in [3.8, 4) is 0 Å². The van der Waals surface area contributed by atoms with Gasteiger partial charge in [0.15, 0.2) is 0 Å². The molecule has 0 saturated carbocycles. The van der Waals surface area contributed by atoms with Crippen LogP contribution in [0, 0.1) is 0 Å². The van der Waals surface area contributed by atoms with E-state index in [4.69, 9.17) is 32.7 Å². The van der Waals surface area contributed by atoms with E-state index in [-0.39, 0.29) is 21.3 Å². The molecule has 2 aromatic heterocycles. The zero-order valence-electron chi connectivity index (χ0n) is 24.4. The van der Waals surface area contributed by atoms with Crippen LogP contribution in [0.25, 0.3) is 5.52 Å². The fraction of sp³-hybridized carbons (Fsp3) is 0.344. The summed E-state index contributed by atoms with van der Waals surface area (Å²) in [4.78, 5) is 5.27. The predicted molar refractivity (Wildman–Crippen MR) is 167 cm³/mol. The number of alkyl halides is 3. The molecule has 0 radical (unpaired) electrons. The van der Waals surface area contributed by atoms with E-state index in [9.17, 15) is 18.2 Å². The number of benzene rings is 2. The Kier molecular flexibility index (Phi) is 8.03. The molecule has 2 aliphatic heterocycles. The molecule has 6 nitrogen and oxygen atoms in total. The Morgan fingerprint density at radius 3 is 2.55 bits per heavy atom. The Bertz CT molecular complexity index is 1750. The lowest BCUT2D eigenvalue weighted by Crippen LogP contribution is -2.42. The number of rotatable bonds is 8. The van der Waals surface area contributed by atoms with Crippen molar-refractivity contribution in [2.45, 2.75) is 64.0 Å². The van der Waals surface area contributed by atoms with Crippen molar-refractivity contribution < 1.29 is 27.7 Å². The van der Waals surface area contributed by atoms with Crippen LogP contribution in [0.3, 0.4) is 0 Å². The van der Waals surface area contributed by atoms with Crippen LogP contribution in [0.1, 0.15) is 60.7 Å². The number of oxime groups is 1. The third-order valence-electron chi connectivity index (χ3n) is 8.57. The minimum Gasteiger partial charge on any atom is -0.423 e. The van der Waals surface area contributed by atoms with Gasteiger partial charge in [-0.2, -0.15) is 13.2 Å². The smallest absolute Gasteiger partial charge is 0.423 e. The highest BCUT2D eigenvalue weighted by Gasteiger charge is 2.62. The largest absolute Gasteiger partial charge is 0.492 e. The molecule has 6 rings (SSSR count). The first kappa shape index (κ1) is 31.0. The van der Waals surface area contributed by atoms with Crippen LogP contribution in [0.2, 0.25) is 10.0 Å². The van der Waals surface area contributed by atoms with Crippen LogP contribution in [0.5, 0.6) is 0 Å². The summed E-state index contributed by atoms with van der Waals surface area (Å²) in [5.74, 6) is 0. The third-order valence-corrected chi connectivity index (χ3v) is 9.24. The standard InChI is InChI=1S/C32H31BCl2F3N3O3/c1-4-22-26(34)15-20(16-27(22)35)31(32(36,37)38)17-28(40-44-31)23-9-8-21(41-13-5-6-29(23)41)18-39-12-11-19-7-10-24-25(14-19)33(42)43-30(24,2)3/h5-10,13-16,39,42H,4,11-12,17-18H2,1-3H3. The molecule has 0 amide bonds. The maximum absolute atomic E-state index is 14.7. The van der Waals surface area contributed by atoms with Crippen LogP contribution in [0.4, 0.5) is 13.2 Å². The van der Waals surface area contributed by atoms with Crippen molar-refractivity contribution in [1.29, 1.82) is 0 Å². The SMILES string of the molecule is CCc1c(Cl)cc(C2(C(F)(F)F)CC(c3ccc(CNCCc4ccc5c(c4)B(O)OC5(C)C)n4cccc34)=NO2)cc1Cl. The molecule has 1 unspecified atom stereocenters. The summed E-state index contributed by atoms with van der Waals surface area (Å²) in [5, 5.41) is 18.0. The first-order valence-corrected chi connectivity index (χ1v) is 15.2. The second kappa shape index (κ2) is 11.4. The lowest BCUT2D eigenvalue weighted by molar-refractivity contribution is -0.275. The molecular weight excluding hydrogens is 613 g/mol. The molecule has 1 atom stereocenters. The Balaban J connectivity index is 1.18. The molecule has 2 aromatic carbocycles. The molecule has 4 heterocycles. The summed E-state index contributed by atoms with van der Waals surface area (Å²) < 4.78 is 51.6. The van der Waals surface area contributed by atoms with Crippen LogP contribution in [-0.2, 0) is 40.1 Å². The predicted octanol–water partition coefficient (Wildman–Crippen LogP) is 6.68. The lowest BCUT2D eigenvalue weighted by atomic mass is 9.77. The highest BCUT2D eigenvalue weighted by molar-refractivity contribution is 6.62. The van der Waals surface area contributed by atoms with E-state index >= 15 is 0 Å². The van der Waals surface area contributed by atoms with Crippen LogP contribution in [-0.4, -0.2) is 35.0 Å². The Hall–Kier alpha value is -3.02. The first-order chi connectivity index (χ1) is 20.8. The van der Waals surface area contributed by atoms with Crippen molar-refractivity contribution in [2.24, 2.45) is 5.16 Å². The Morgan fingerprint density at radius 1 is 1.09 bits per heavy atom. The fourth-order valence-corrected chi connectivity index (χ4v) is 6.94. The summed E-state index contributed by atoms with van der Waals surface area (Å²) in [6, 6.07) is 15.9. The Morgan fingerprint density at radius 2 is 1.84 bits per heavy atom. The second-order valence-electron chi connectivity index (χ2n) is 11.7. The number of hydrogen-bond acceptors (Lipinski definition) is 5. The minimum absolute atomic E-state index is 0.160. The normalized spacial score (nSPS) is 19.4.